The first-order chi connectivity index (χ1) is 9.59. The Morgan fingerprint density at radius 2 is 1.43 bits per heavy atom. The van der Waals surface area contributed by atoms with Crippen LogP contribution in [0.3, 0.4) is 0 Å². The van der Waals surface area contributed by atoms with Crippen LogP contribution >= 0.6 is 0 Å². The van der Waals surface area contributed by atoms with Crippen molar-refractivity contribution >= 4 is 5.91 Å². The molecule has 2 N–H and O–H groups in total. The number of nitrogens with one attached hydrogen (secondary N) is 2. The van der Waals surface area contributed by atoms with Crippen LogP contribution in [0.5, 0.6) is 0 Å². The number of carbonyl (C=O) groups excluding carboxylic acids is 1. The molecular weight excluding hydrogens is 302 g/mol. The van der Waals surface area contributed by atoms with Crippen LogP contribution < -0.4 is 10.6 Å². The second kappa shape index (κ2) is 5.21. The van der Waals surface area contributed by atoms with E-state index in [0.717, 1.165) is 0 Å². The maximum absolute atomic E-state index is 12.7. The highest BCUT2D eigenvalue weighted by atomic mass is 19.4. The van der Waals surface area contributed by atoms with E-state index in [1.807, 2.05) is 0 Å². The van der Waals surface area contributed by atoms with Crippen LogP contribution in [-0.2, 0) is 17.1 Å². The predicted molar refractivity (Wildman–Crippen MR) is 60.2 cm³/mol. The Bertz CT molecular complexity index is 519. The van der Waals surface area contributed by atoms with E-state index in [0.29, 0.717) is 12.1 Å². The number of carbonyl (C=O) groups is 1. The standard InChI is InChI=1S/C12H10F6N2O/c13-11(14,15)7-3-6(4-8(5-7)12(16,17)18)9-10(21)20-2-1-19-9/h3-5,9,19H,1-2H2,(H,20,21)/t9-/m0/s1. The van der Waals surface area contributed by atoms with Gasteiger partial charge in [0.2, 0.25) is 5.91 Å². The second-order valence-corrected chi connectivity index (χ2v) is 4.52. The summed E-state index contributed by atoms with van der Waals surface area (Å²) >= 11 is 0. The molecule has 1 aromatic rings. The molecule has 1 atom stereocenters. The molecule has 116 valence electrons. The highest BCUT2D eigenvalue weighted by Gasteiger charge is 2.38. The number of piperazine rings is 1. The van der Waals surface area contributed by atoms with Crippen molar-refractivity contribution in [2.45, 2.75) is 18.4 Å². The van der Waals surface area contributed by atoms with E-state index in [1.165, 1.54) is 0 Å². The minimum atomic E-state index is -4.93. The number of alkyl halides is 6. The summed E-state index contributed by atoms with van der Waals surface area (Å²) in [6.07, 6.45) is -9.86. The predicted octanol–water partition coefficient (Wildman–Crippen LogP) is 2.48. The quantitative estimate of drug-likeness (QED) is 0.782. The monoisotopic (exact) mass is 312 g/mol. The van der Waals surface area contributed by atoms with Gasteiger partial charge in [0.1, 0.15) is 6.04 Å². The first-order valence-electron chi connectivity index (χ1n) is 5.89. The zero-order chi connectivity index (χ0) is 15.8. The Labute approximate surface area is 115 Å². The summed E-state index contributed by atoms with van der Waals surface area (Å²) in [5.74, 6) is -0.659. The zero-order valence-electron chi connectivity index (χ0n) is 10.4. The van der Waals surface area contributed by atoms with Gasteiger partial charge >= 0.3 is 12.4 Å². The van der Waals surface area contributed by atoms with Crippen LogP contribution in [0.4, 0.5) is 26.3 Å². The molecule has 1 saturated heterocycles. The van der Waals surface area contributed by atoms with Crippen LogP contribution in [-0.4, -0.2) is 19.0 Å². The summed E-state index contributed by atoms with van der Waals surface area (Å²) < 4.78 is 76.3. The van der Waals surface area contributed by atoms with Gasteiger partial charge in [0, 0.05) is 13.1 Å². The van der Waals surface area contributed by atoms with Gasteiger partial charge in [-0.2, -0.15) is 26.3 Å². The lowest BCUT2D eigenvalue weighted by atomic mass is 9.98. The number of hydrogen-bond donors (Lipinski definition) is 2. The summed E-state index contributed by atoms with van der Waals surface area (Å²) in [6.45, 7) is 0.522. The lowest BCUT2D eigenvalue weighted by Crippen LogP contribution is -2.47. The Balaban J connectivity index is 2.52. The van der Waals surface area contributed by atoms with E-state index in [9.17, 15) is 31.1 Å². The van der Waals surface area contributed by atoms with Gasteiger partial charge in [-0.25, -0.2) is 0 Å². The van der Waals surface area contributed by atoms with Gasteiger partial charge in [0.05, 0.1) is 11.1 Å². The van der Waals surface area contributed by atoms with Crippen molar-refractivity contribution in [1.82, 2.24) is 10.6 Å². The number of amides is 1. The van der Waals surface area contributed by atoms with E-state index in [4.69, 9.17) is 0 Å². The first kappa shape index (κ1) is 15.6. The van der Waals surface area contributed by atoms with Crippen LogP contribution in [0, 0.1) is 0 Å². The lowest BCUT2D eigenvalue weighted by molar-refractivity contribution is -0.143. The normalized spacial score (nSPS) is 20.3. The van der Waals surface area contributed by atoms with Gasteiger partial charge in [0.15, 0.2) is 0 Å². The Kier molecular flexibility index (Phi) is 3.87. The molecule has 1 fully saturated rings. The molecule has 0 radical (unpaired) electrons. The first-order valence-corrected chi connectivity index (χ1v) is 5.89. The third kappa shape index (κ3) is 3.46. The van der Waals surface area contributed by atoms with E-state index in [-0.39, 0.29) is 24.7 Å². The van der Waals surface area contributed by atoms with Crippen molar-refractivity contribution in [2.24, 2.45) is 0 Å². The van der Waals surface area contributed by atoms with Crippen LogP contribution in [0.25, 0.3) is 0 Å². The SMILES string of the molecule is O=C1NCCN[C@H]1c1cc(C(F)(F)F)cc(C(F)(F)F)c1. The van der Waals surface area contributed by atoms with Crippen molar-refractivity contribution in [3.8, 4) is 0 Å². The van der Waals surface area contributed by atoms with Crippen molar-refractivity contribution in [3.05, 3.63) is 34.9 Å². The summed E-state index contributed by atoms with van der Waals surface area (Å²) in [5.41, 5.74) is -3.24. The zero-order valence-corrected chi connectivity index (χ0v) is 10.4. The molecule has 1 aliphatic rings. The Morgan fingerprint density at radius 3 is 1.86 bits per heavy atom. The third-order valence-corrected chi connectivity index (χ3v) is 2.98. The highest BCUT2D eigenvalue weighted by molar-refractivity contribution is 5.84. The average molecular weight is 312 g/mol. The van der Waals surface area contributed by atoms with Gasteiger partial charge in [0.25, 0.3) is 0 Å². The molecule has 0 aliphatic carbocycles. The molecule has 0 aromatic heterocycles. The van der Waals surface area contributed by atoms with Crippen LogP contribution in [0.15, 0.2) is 18.2 Å². The fraction of sp³-hybridized carbons (Fsp3) is 0.417. The Morgan fingerprint density at radius 1 is 0.905 bits per heavy atom. The molecule has 21 heavy (non-hydrogen) atoms. The van der Waals surface area contributed by atoms with Gasteiger partial charge < -0.3 is 10.6 Å². The summed E-state index contributed by atoms with van der Waals surface area (Å²) in [7, 11) is 0. The van der Waals surface area contributed by atoms with Crippen molar-refractivity contribution in [1.29, 1.82) is 0 Å². The van der Waals surface area contributed by atoms with Crippen molar-refractivity contribution < 1.29 is 31.1 Å². The molecule has 1 heterocycles. The molecule has 9 heteroatoms. The molecule has 1 amide bonds. The van der Waals surface area contributed by atoms with E-state index in [1.54, 1.807) is 0 Å². The topological polar surface area (TPSA) is 41.1 Å². The van der Waals surface area contributed by atoms with E-state index < -0.39 is 35.4 Å². The maximum atomic E-state index is 12.7. The number of rotatable bonds is 1. The molecule has 1 aromatic carbocycles. The maximum Gasteiger partial charge on any atom is 0.416 e. The molecule has 0 saturated carbocycles. The minimum absolute atomic E-state index is 0.0320. The lowest BCUT2D eigenvalue weighted by Gasteiger charge is -2.25. The number of halogens is 6. The van der Waals surface area contributed by atoms with E-state index >= 15 is 0 Å². The van der Waals surface area contributed by atoms with E-state index in [2.05, 4.69) is 10.6 Å². The van der Waals surface area contributed by atoms with Crippen LogP contribution in [0.1, 0.15) is 22.7 Å². The minimum Gasteiger partial charge on any atom is -0.353 e. The fourth-order valence-corrected chi connectivity index (χ4v) is 2.01. The molecule has 0 spiro atoms. The number of benzene rings is 1. The molecule has 2 rings (SSSR count). The average Bonchev–Trinajstić information content (AvgIpc) is 2.36. The summed E-state index contributed by atoms with van der Waals surface area (Å²) in [5, 5.41) is 4.98. The highest BCUT2D eigenvalue weighted by Crippen LogP contribution is 2.37. The molecule has 0 bridgehead atoms. The fourth-order valence-electron chi connectivity index (χ4n) is 2.01. The molecule has 1 aliphatic heterocycles. The van der Waals surface area contributed by atoms with Crippen molar-refractivity contribution in [3.63, 3.8) is 0 Å². The molecular formula is C12H10F6N2O. The van der Waals surface area contributed by atoms with Crippen LogP contribution in [0.2, 0.25) is 0 Å². The summed E-state index contributed by atoms with van der Waals surface area (Å²) in [4.78, 5) is 11.6. The van der Waals surface area contributed by atoms with Gasteiger partial charge in [-0.15, -0.1) is 0 Å². The molecule has 0 unspecified atom stereocenters. The second-order valence-electron chi connectivity index (χ2n) is 4.52. The number of hydrogen-bond acceptors (Lipinski definition) is 2. The molecule has 3 nitrogen and oxygen atoms in total. The third-order valence-electron chi connectivity index (χ3n) is 2.98. The largest absolute Gasteiger partial charge is 0.416 e. The summed E-state index contributed by atoms with van der Waals surface area (Å²) in [6, 6.07) is -0.0954. The van der Waals surface area contributed by atoms with Crippen molar-refractivity contribution in [2.75, 3.05) is 13.1 Å². The smallest absolute Gasteiger partial charge is 0.353 e. The van der Waals surface area contributed by atoms with Gasteiger partial charge in [-0.3, -0.25) is 4.79 Å². The Hall–Kier alpha value is -1.77. The van der Waals surface area contributed by atoms with Gasteiger partial charge in [-0.1, -0.05) is 0 Å². The van der Waals surface area contributed by atoms with Gasteiger partial charge in [-0.05, 0) is 23.8 Å².